The number of rotatable bonds is 0. The third-order valence-electron chi connectivity index (χ3n) is 3.74. The maximum Gasteiger partial charge on any atom is 0.167 e. The summed E-state index contributed by atoms with van der Waals surface area (Å²) in [5.74, 6) is 1.35. The topological polar surface area (TPSA) is 38.7 Å². The molecule has 0 amide bonds. The lowest BCUT2D eigenvalue weighted by Crippen LogP contribution is -2.13. The number of hydrogen-bond acceptors (Lipinski definition) is 3. The van der Waals surface area contributed by atoms with Gasteiger partial charge in [-0.3, -0.25) is 0 Å². The summed E-state index contributed by atoms with van der Waals surface area (Å²) in [6, 6.07) is 1.82. The van der Waals surface area contributed by atoms with Crippen molar-refractivity contribution in [2.45, 2.75) is 38.2 Å². The van der Waals surface area contributed by atoms with Gasteiger partial charge in [-0.15, -0.1) is 0 Å². The zero-order valence-electron chi connectivity index (χ0n) is 10.6. The molecule has 1 heterocycles. The molecule has 0 radical (unpaired) electrons. The summed E-state index contributed by atoms with van der Waals surface area (Å²) in [5.41, 5.74) is 1.70. The Morgan fingerprint density at radius 1 is 1.33 bits per heavy atom. The molecule has 1 atom stereocenters. The molecule has 18 heavy (non-hydrogen) atoms. The fourth-order valence-electron chi connectivity index (χ4n) is 2.99. The number of benzene rings is 1. The van der Waals surface area contributed by atoms with Crippen LogP contribution in [0.4, 0.5) is 0 Å². The maximum atomic E-state index is 10.3. The molecule has 1 N–H and O–H groups in total. The lowest BCUT2D eigenvalue weighted by atomic mass is 9.86. The molecule has 98 valence electrons. The summed E-state index contributed by atoms with van der Waals surface area (Å²) in [4.78, 5) is 0. The Balaban J connectivity index is 2.25. The van der Waals surface area contributed by atoms with Crippen LogP contribution in [0.1, 0.15) is 43.9 Å². The van der Waals surface area contributed by atoms with Crippen molar-refractivity contribution >= 4 is 11.6 Å². The van der Waals surface area contributed by atoms with E-state index in [2.05, 4.69) is 13.8 Å². The zero-order chi connectivity index (χ0) is 12.9. The monoisotopic (exact) mass is 268 g/mol. The van der Waals surface area contributed by atoms with Gasteiger partial charge >= 0.3 is 0 Å². The minimum Gasteiger partial charge on any atom is -0.489 e. The number of fused-ring (bicyclic) bond motifs is 3. The molecule has 0 bridgehead atoms. The number of ether oxygens (including phenoxy) is 2. The van der Waals surface area contributed by atoms with E-state index in [1.54, 1.807) is 0 Å². The van der Waals surface area contributed by atoms with Gasteiger partial charge in [0, 0.05) is 23.1 Å². The van der Waals surface area contributed by atoms with Gasteiger partial charge in [-0.25, -0.2) is 0 Å². The number of halogens is 1. The van der Waals surface area contributed by atoms with Crippen LogP contribution in [-0.2, 0) is 5.41 Å². The molecule has 0 aromatic heterocycles. The van der Waals surface area contributed by atoms with Crippen LogP contribution >= 0.6 is 11.6 Å². The maximum absolute atomic E-state index is 10.3. The molecule has 0 spiro atoms. The van der Waals surface area contributed by atoms with Crippen LogP contribution in [0, 0.1) is 0 Å². The Morgan fingerprint density at radius 2 is 2.06 bits per heavy atom. The molecule has 0 saturated carbocycles. The highest BCUT2D eigenvalue weighted by molar-refractivity contribution is 6.32. The van der Waals surface area contributed by atoms with Gasteiger partial charge in [0.1, 0.15) is 0 Å². The van der Waals surface area contributed by atoms with E-state index >= 15 is 0 Å². The van der Waals surface area contributed by atoms with Gasteiger partial charge < -0.3 is 14.6 Å². The lowest BCUT2D eigenvalue weighted by Gasteiger charge is -2.21. The summed E-state index contributed by atoms with van der Waals surface area (Å²) in [5, 5.41) is 11.0. The van der Waals surface area contributed by atoms with Crippen LogP contribution in [0.5, 0.6) is 11.5 Å². The second kappa shape index (κ2) is 4.04. The van der Waals surface area contributed by atoms with E-state index in [4.69, 9.17) is 21.1 Å². The third-order valence-corrected chi connectivity index (χ3v) is 4.04. The Kier molecular flexibility index (Phi) is 2.72. The molecule has 0 saturated heterocycles. The second-order valence-electron chi connectivity index (χ2n) is 5.63. The van der Waals surface area contributed by atoms with Crippen molar-refractivity contribution in [2.24, 2.45) is 0 Å². The van der Waals surface area contributed by atoms with Gasteiger partial charge in [0.25, 0.3) is 0 Å². The normalized spacial score (nSPS) is 24.6. The molecule has 0 unspecified atom stereocenters. The zero-order valence-corrected chi connectivity index (χ0v) is 11.4. The molecule has 4 heteroatoms. The minimum absolute atomic E-state index is 0.128. The van der Waals surface area contributed by atoms with E-state index in [1.807, 2.05) is 6.07 Å². The number of aliphatic hydroxyl groups is 1. The fourth-order valence-corrected chi connectivity index (χ4v) is 3.45. The van der Waals surface area contributed by atoms with Crippen molar-refractivity contribution in [1.82, 2.24) is 0 Å². The van der Waals surface area contributed by atoms with E-state index in [-0.39, 0.29) is 5.41 Å². The Bertz CT molecular complexity index is 496. The average molecular weight is 269 g/mol. The standard InChI is InChI=1S/C14H17ClO3/c1-14(2)7-9(16)11-12(14)8(15)6-10-13(11)18-5-3-4-17-10/h6,9,16H,3-5,7H2,1-2H3/t9-/m1/s1. The van der Waals surface area contributed by atoms with Crippen LogP contribution < -0.4 is 9.47 Å². The molecular weight excluding hydrogens is 252 g/mol. The van der Waals surface area contributed by atoms with E-state index in [0.717, 1.165) is 17.5 Å². The average Bonchev–Trinajstić information content (AvgIpc) is 2.46. The van der Waals surface area contributed by atoms with Crippen molar-refractivity contribution < 1.29 is 14.6 Å². The van der Waals surface area contributed by atoms with Gasteiger partial charge in [0.05, 0.1) is 19.3 Å². The van der Waals surface area contributed by atoms with E-state index < -0.39 is 6.10 Å². The molecule has 3 rings (SSSR count). The summed E-state index contributed by atoms with van der Waals surface area (Å²) >= 11 is 6.36. The Morgan fingerprint density at radius 3 is 2.83 bits per heavy atom. The molecule has 0 fully saturated rings. The van der Waals surface area contributed by atoms with Crippen LogP contribution in [0.25, 0.3) is 0 Å². The highest BCUT2D eigenvalue weighted by atomic mass is 35.5. The molecule has 3 nitrogen and oxygen atoms in total. The quantitative estimate of drug-likeness (QED) is 0.785. The highest BCUT2D eigenvalue weighted by Gasteiger charge is 2.41. The molecule has 2 aliphatic rings. The van der Waals surface area contributed by atoms with E-state index in [0.29, 0.717) is 36.2 Å². The lowest BCUT2D eigenvalue weighted by molar-refractivity contribution is 0.157. The number of hydrogen-bond donors (Lipinski definition) is 1. The van der Waals surface area contributed by atoms with Crippen molar-refractivity contribution in [2.75, 3.05) is 13.2 Å². The van der Waals surface area contributed by atoms with Gasteiger partial charge in [-0.1, -0.05) is 25.4 Å². The Labute approximate surface area is 112 Å². The first-order chi connectivity index (χ1) is 8.50. The fraction of sp³-hybridized carbons (Fsp3) is 0.571. The van der Waals surface area contributed by atoms with Crippen molar-refractivity contribution in [3.05, 3.63) is 22.2 Å². The van der Waals surface area contributed by atoms with Crippen molar-refractivity contribution in [1.29, 1.82) is 0 Å². The van der Waals surface area contributed by atoms with Crippen molar-refractivity contribution in [3.63, 3.8) is 0 Å². The van der Waals surface area contributed by atoms with Crippen LogP contribution in [0.3, 0.4) is 0 Å². The Hall–Kier alpha value is -0.930. The van der Waals surface area contributed by atoms with E-state index in [1.165, 1.54) is 0 Å². The van der Waals surface area contributed by atoms with Crippen LogP contribution in [0.2, 0.25) is 5.02 Å². The van der Waals surface area contributed by atoms with Crippen LogP contribution in [-0.4, -0.2) is 18.3 Å². The predicted octanol–water partition coefficient (Wildman–Crippen LogP) is 3.22. The molecule has 1 aliphatic heterocycles. The van der Waals surface area contributed by atoms with E-state index in [9.17, 15) is 5.11 Å². The van der Waals surface area contributed by atoms with Crippen molar-refractivity contribution in [3.8, 4) is 11.5 Å². The highest BCUT2D eigenvalue weighted by Crippen LogP contribution is 2.54. The summed E-state index contributed by atoms with van der Waals surface area (Å²) in [7, 11) is 0. The number of aliphatic hydroxyl groups excluding tert-OH is 1. The largest absolute Gasteiger partial charge is 0.489 e. The van der Waals surface area contributed by atoms with Gasteiger partial charge in [0.15, 0.2) is 11.5 Å². The summed E-state index contributed by atoms with van der Waals surface area (Å²) in [6.45, 7) is 5.44. The third kappa shape index (κ3) is 1.69. The summed E-state index contributed by atoms with van der Waals surface area (Å²) in [6.07, 6.45) is 0.992. The first-order valence-electron chi connectivity index (χ1n) is 6.31. The first-order valence-corrected chi connectivity index (χ1v) is 6.69. The summed E-state index contributed by atoms with van der Waals surface area (Å²) < 4.78 is 11.4. The molecule has 1 aromatic carbocycles. The van der Waals surface area contributed by atoms with Gasteiger partial charge in [-0.05, 0) is 17.4 Å². The second-order valence-corrected chi connectivity index (χ2v) is 6.04. The van der Waals surface area contributed by atoms with Gasteiger partial charge in [0.2, 0.25) is 0 Å². The first kappa shape index (κ1) is 12.1. The predicted molar refractivity (Wildman–Crippen MR) is 69.7 cm³/mol. The minimum atomic E-state index is -0.524. The van der Waals surface area contributed by atoms with Crippen LogP contribution in [0.15, 0.2) is 6.07 Å². The molecule has 1 aliphatic carbocycles. The smallest absolute Gasteiger partial charge is 0.167 e. The molecular formula is C14H17ClO3. The van der Waals surface area contributed by atoms with Gasteiger partial charge in [-0.2, -0.15) is 0 Å². The SMILES string of the molecule is CC1(C)C[C@@H](O)c2c3c(cc(Cl)c21)OCCCO3. The molecule has 1 aromatic rings.